The Kier molecular flexibility index (Phi) is 9.43. The average molecular weight is 244 g/mol. The summed E-state index contributed by atoms with van der Waals surface area (Å²) in [5, 5.41) is 20.3. The summed E-state index contributed by atoms with van der Waals surface area (Å²) in [6.45, 7) is 0. The first kappa shape index (κ1) is 15.9. The molecule has 0 heterocycles. The molecule has 5 heteroatoms. The summed E-state index contributed by atoms with van der Waals surface area (Å²) in [7, 11) is 0. The highest BCUT2D eigenvalue weighted by molar-refractivity contribution is 5.64. The van der Waals surface area contributed by atoms with E-state index in [9.17, 15) is 19.8 Å². The first-order chi connectivity index (χ1) is 8.02. The van der Waals surface area contributed by atoms with Gasteiger partial charge in [0.05, 0.1) is 6.04 Å². The summed E-state index contributed by atoms with van der Waals surface area (Å²) in [6, 6.07) is 0.333. The third kappa shape index (κ3) is 12.8. The maximum absolute atomic E-state index is 10.2. The Morgan fingerprint density at radius 2 is 1.24 bits per heavy atom. The van der Waals surface area contributed by atoms with Crippen molar-refractivity contribution in [2.75, 3.05) is 0 Å². The second-order valence-corrected chi connectivity index (χ2v) is 4.46. The van der Waals surface area contributed by atoms with E-state index in [0.29, 0.717) is 18.9 Å². The topological polar surface area (TPSA) is 108 Å². The minimum atomic E-state index is -0.993. The highest BCUT2D eigenvalue weighted by atomic mass is 16.4. The van der Waals surface area contributed by atoms with E-state index in [1.807, 2.05) is 0 Å². The van der Waals surface area contributed by atoms with E-state index in [1.54, 1.807) is 0 Å². The number of hydrogen-bond donors (Lipinski definition) is 1. The predicted octanol–water partition coefficient (Wildman–Crippen LogP) is -1.39. The second-order valence-electron chi connectivity index (χ2n) is 4.46. The maximum Gasteiger partial charge on any atom is 0.0843 e. The van der Waals surface area contributed by atoms with Crippen molar-refractivity contribution in [1.82, 2.24) is 0 Å². The van der Waals surface area contributed by atoms with Crippen molar-refractivity contribution in [2.45, 2.75) is 63.8 Å². The van der Waals surface area contributed by atoms with Crippen molar-refractivity contribution >= 4 is 11.9 Å². The number of rotatable bonds is 11. The number of quaternary nitrogens is 1. The highest BCUT2D eigenvalue weighted by Crippen LogP contribution is 2.08. The van der Waals surface area contributed by atoms with Gasteiger partial charge < -0.3 is 25.5 Å². The fraction of sp³-hybridized carbons (Fsp3) is 0.833. The summed E-state index contributed by atoms with van der Waals surface area (Å²) >= 11 is 0. The minimum absolute atomic E-state index is 0.123. The van der Waals surface area contributed by atoms with Crippen LogP contribution in [0.4, 0.5) is 0 Å². The monoisotopic (exact) mass is 244 g/mol. The van der Waals surface area contributed by atoms with Crippen molar-refractivity contribution in [3.8, 4) is 0 Å². The van der Waals surface area contributed by atoms with Crippen LogP contribution >= 0.6 is 0 Å². The van der Waals surface area contributed by atoms with Gasteiger partial charge in [0, 0.05) is 11.9 Å². The lowest BCUT2D eigenvalue weighted by molar-refractivity contribution is -0.423. The first-order valence-electron chi connectivity index (χ1n) is 6.25. The van der Waals surface area contributed by atoms with E-state index in [2.05, 4.69) is 5.73 Å². The molecule has 0 aliphatic carbocycles. The first-order valence-corrected chi connectivity index (χ1v) is 6.25. The molecule has 0 aliphatic heterocycles. The van der Waals surface area contributed by atoms with Crippen molar-refractivity contribution in [3.63, 3.8) is 0 Å². The second kappa shape index (κ2) is 10.1. The lowest BCUT2D eigenvalue weighted by atomic mass is 10.0. The number of carboxylic acids is 2. The van der Waals surface area contributed by atoms with Gasteiger partial charge in [-0.2, -0.15) is 0 Å². The van der Waals surface area contributed by atoms with Crippen molar-refractivity contribution < 1.29 is 25.5 Å². The Morgan fingerprint density at radius 1 is 0.824 bits per heavy atom. The smallest absolute Gasteiger partial charge is 0.0843 e. The standard InChI is InChI=1S/C12H23NO4/c13-10(7-4-5-9-12(16)17)6-2-1-3-8-11(14)15/h10H,1-9,13H2,(H,14,15)(H,16,17)/p-1/t10-/m0/s1. The van der Waals surface area contributed by atoms with Crippen LogP contribution < -0.4 is 15.9 Å². The SMILES string of the molecule is [NH3+][C@@H](CCCCCC(=O)[O-])CCCCC(=O)[O-]. The van der Waals surface area contributed by atoms with E-state index in [0.717, 1.165) is 32.1 Å². The molecule has 0 fully saturated rings. The Labute approximate surface area is 102 Å². The van der Waals surface area contributed by atoms with Gasteiger partial charge in [0.2, 0.25) is 0 Å². The highest BCUT2D eigenvalue weighted by Gasteiger charge is 2.05. The van der Waals surface area contributed by atoms with Gasteiger partial charge >= 0.3 is 0 Å². The van der Waals surface area contributed by atoms with Gasteiger partial charge in [-0.3, -0.25) is 0 Å². The molecular weight excluding hydrogens is 222 g/mol. The molecule has 0 bridgehead atoms. The molecule has 0 rings (SSSR count). The number of unbranched alkanes of at least 4 members (excludes halogenated alkanes) is 3. The lowest BCUT2D eigenvalue weighted by Crippen LogP contribution is -2.60. The number of carbonyl (C=O) groups excluding carboxylic acids is 2. The fourth-order valence-corrected chi connectivity index (χ4v) is 1.73. The zero-order chi connectivity index (χ0) is 13.1. The van der Waals surface area contributed by atoms with E-state index in [4.69, 9.17) is 0 Å². The molecule has 0 aliphatic rings. The zero-order valence-electron chi connectivity index (χ0n) is 10.3. The van der Waals surface area contributed by atoms with Crippen LogP contribution in [0.5, 0.6) is 0 Å². The third-order valence-electron chi connectivity index (χ3n) is 2.74. The normalized spacial score (nSPS) is 12.3. The molecule has 0 spiro atoms. The van der Waals surface area contributed by atoms with Crippen molar-refractivity contribution in [1.29, 1.82) is 0 Å². The summed E-state index contributed by atoms with van der Waals surface area (Å²) < 4.78 is 0. The number of hydrogen-bond acceptors (Lipinski definition) is 4. The zero-order valence-corrected chi connectivity index (χ0v) is 10.3. The average Bonchev–Trinajstić information content (AvgIpc) is 2.23. The largest absolute Gasteiger partial charge is 0.550 e. The van der Waals surface area contributed by atoms with E-state index < -0.39 is 11.9 Å². The molecule has 0 aromatic rings. The van der Waals surface area contributed by atoms with E-state index >= 15 is 0 Å². The quantitative estimate of drug-likeness (QED) is 0.451. The molecule has 0 saturated heterocycles. The fourth-order valence-electron chi connectivity index (χ4n) is 1.73. The van der Waals surface area contributed by atoms with E-state index in [-0.39, 0.29) is 12.8 Å². The summed E-state index contributed by atoms with van der Waals surface area (Å²) in [6.07, 6.45) is 6.19. The number of carboxylic acid groups (broad SMARTS) is 2. The molecule has 0 aromatic carbocycles. The Bertz CT molecular complexity index is 231. The van der Waals surface area contributed by atoms with Gasteiger partial charge in [0.15, 0.2) is 0 Å². The van der Waals surface area contributed by atoms with Gasteiger partial charge in [-0.05, 0) is 51.4 Å². The van der Waals surface area contributed by atoms with E-state index in [1.165, 1.54) is 0 Å². The Hall–Kier alpha value is -1.10. The predicted molar refractivity (Wildman–Crippen MR) is 58.2 cm³/mol. The van der Waals surface area contributed by atoms with Crippen LogP contribution in [-0.2, 0) is 9.59 Å². The van der Waals surface area contributed by atoms with Crippen LogP contribution in [0.1, 0.15) is 57.8 Å². The van der Waals surface area contributed by atoms with Gasteiger partial charge in [-0.25, -0.2) is 0 Å². The van der Waals surface area contributed by atoms with Crippen LogP contribution in [-0.4, -0.2) is 18.0 Å². The maximum atomic E-state index is 10.2. The van der Waals surface area contributed by atoms with Crippen molar-refractivity contribution in [3.05, 3.63) is 0 Å². The Balaban J connectivity index is 3.25. The molecular formula is C12H22NO4-. The van der Waals surface area contributed by atoms with Gasteiger partial charge in [-0.15, -0.1) is 0 Å². The Morgan fingerprint density at radius 3 is 1.71 bits per heavy atom. The van der Waals surface area contributed by atoms with Crippen LogP contribution in [0.25, 0.3) is 0 Å². The molecule has 0 amide bonds. The van der Waals surface area contributed by atoms with Gasteiger partial charge in [-0.1, -0.05) is 6.42 Å². The van der Waals surface area contributed by atoms with Crippen LogP contribution in [0.15, 0.2) is 0 Å². The molecule has 0 radical (unpaired) electrons. The van der Waals surface area contributed by atoms with Gasteiger partial charge in [0.1, 0.15) is 0 Å². The van der Waals surface area contributed by atoms with Crippen molar-refractivity contribution in [2.24, 2.45) is 0 Å². The van der Waals surface area contributed by atoms with Crippen LogP contribution in [0.2, 0.25) is 0 Å². The lowest BCUT2D eigenvalue weighted by Gasteiger charge is -2.08. The molecule has 0 aromatic heterocycles. The minimum Gasteiger partial charge on any atom is -0.550 e. The van der Waals surface area contributed by atoms with Crippen LogP contribution in [0.3, 0.4) is 0 Å². The van der Waals surface area contributed by atoms with Crippen LogP contribution in [0, 0.1) is 0 Å². The molecule has 5 nitrogen and oxygen atoms in total. The molecule has 0 saturated carbocycles. The number of aliphatic carboxylic acids is 2. The molecule has 3 N–H and O–H groups in total. The molecule has 100 valence electrons. The number of carbonyl (C=O) groups is 2. The molecule has 17 heavy (non-hydrogen) atoms. The summed E-state index contributed by atoms with van der Waals surface area (Å²) in [5.74, 6) is -1.98. The summed E-state index contributed by atoms with van der Waals surface area (Å²) in [5.41, 5.74) is 4.00. The third-order valence-corrected chi connectivity index (χ3v) is 2.74. The summed E-state index contributed by atoms with van der Waals surface area (Å²) in [4.78, 5) is 20.3. The molecule has 1 atom stereocenters. The molecule has 0 unspecified atom stereocenters. The van der Waals surface area contributed by atoms with Gasteiger partial charge in [0.25, 0.3) is 0 Å².